The van der Waals surface area contributed by atoms with Gasteiger partial charge in [-0.15, -0.1) is 0 Å². The van der Waals surface area contributed by atoms with Crippen molar-refractivity contribution in [2.45, 2.75) is 6.04 Å². The Kier molecular flexibility index (Phi) is 5.33. The zero-order chi connectivity index (χ0) is 19.6. The van der Waals surface area contributed by atoms with E-state index < -0.39 is 22.8 Å². The van der Waals surface area contributed by atoms with E-state index in [-0.39, 0.29) is 20.5 Å². The van der Waals surface area contributed by atoms with Gasteiger partial charge in [-0.1, -0.05) is 66.4 Å². The van der Waals surface area contributed by atoms with Crippen LogP contribution in [0.15, 0.2) is 59.5 Å². The number of para-hydroxylation sites is 1. The van der Waals surface area contributed by atoms with E-state index >= 15 is 0 Å². The molecule has 1 N–H and O–H groups in total. The average Bonchev–Trinajstić information content (AvgIpc) is 2.91. The van der Waals surface area contributed by atoms with E-state index in [1.807, 2.05) is 0 Å². The molecule has 7 nitrogen and oxygen atoms in total. The molecule has 136 valence electrons. The molecule has 0 bridgehead atoms. The zero-order valence-corrected chi connectivity index (χ0v) is 15.3. The van der Waals surface area contributed by atoms with Crippen molar-refractivity contribution in [3.8, 4) is 0 Å². The van der Waals surface area contributed by atoms with Crippen LogP contribution in [0, 0.1) is 10.1 Å². The number of carboxylic acids is 1. The number of carbonyl (C=O) groups excluding carboxylic acids is 1. The summed E-state index contributed by atoms with van der Waals surface area (Å²) in [4.78, 5) is 36.4. The highest BCUT2D eigenvalue weighted by atomic mass is 32.2. The zero-order valence-electron chi connectivity index (χ0n) is 13.6. The molecule has 1 unspecified atom stereocenters. The highest BCUT2D eigenvalue weighted by Crippen LogP contribution is 2.39. The molecule has 0 saturated carbocycles. The Hall–Kier alpha value is -3.04. The number of hydrogen-bond donors (Lipinski definition) is 1. The van der Waals surface area contributed by atoms with Crippen LogP contribution < -0.4 is 0 Å². The minimum atomic E-state index is -1.27. The minimum Gasteiger partial charge on any atom is -0.479 e. The first-order valence-corrected chi connectivity index (χ1v) is 8.91. The van der Waals surface area contributed by atoms with Gasteiger partial charge in [0.1, 0.15) is 4.32 Å². The Bertz CT molecular complexity index is 975. The highest BCUT2D eigenvalue weighted by Gasteiger charge is 2.41. The number of rotatable bonds is 5. The summed E-state index contributed by atoms with van der Waals surface area (Å²) in [6, 6.07) is 13.0. The first-order valence-electron chi connectivity index (χ1n) is 7.68. The molecule has 1 saturated heterocycles. The lowest BCUT2D eigenvalue weighted by Gasteiger charge is -2.23. The van der Waals surface area contributed by atoms with Gasteiger partial charge < -0.3 is 5.11 Å². The molecule has 0 aliphatic carbocycles. The molecule has 0 radical (unpaired) electrons. The molecule has 2 aromatic rings. The SMILES string of the molecule is O=C(O)C(c1ccccc1)N1C(=O)/C(=C/c2ccccc2[N+](=O)[O-])SC1=S. The van der Waals surface area contributed by atoms with E-state index in [4.69, 9.17) is 12.2 Å². The molecule has 1 fully saturated rings. The molecule has 1 atom stereocenters. The lowest BCUT2D eigenvalue weighted by molar-refractivity contribution is -0.385. The molecule has 1 aliphatic heterocycles. The summed E-state index contributed by atoms with van der Waals surface area (Å²) in [6.45, 7) is 0. The van der Waals surface area contributed by atoms with Crippen LogP contribution in [0.1, 0.15) is 17.2 Å². The highest BCUT2D eigenvalue weighted by molar-refractivity contribution is 8.26. The van der Waals surface area contributed by atoms with Crippen LogP contribution in [0.4, 0.5) is 5.69 Å². The Morgan fingerprint density at radius 1 is 1.19 bits per heavy atom. The van der Waals surface area contributed by atoms with Crippen LogP contribution in [0.3, 0.4) is 0 Å². The summed E-state index contributed by atoms with van der Waals surface area (Å²) in [7, 11) is 0. The van der Waals surface area contributed by atoms with Crippen molar-refractivity contribution in [3.63, 3.8) is 0 Å². The van der Waals surface area contributed by atoms with Gasteiger partial charge in [-0.2, -0.15) is 0 Å². The second-order valence-corrected chi connectivity index (χ2v) is 7.19. The van der Waals surface area contributed by atoms with Crippen LogP contribution in [0.5, 0.6) is 0 Å². The summed E-state index contributed by atoms with van der Waals surface area (Å²) in [6.07, 6.45) is 1.36. The van der Waals surface area contributed by atoms with Gasteiger partial charge in [0.25, 0.3) is 11.6 Å². The van der Waals surface area contributed by atoms with Crippen LogP contribution in [-0.4, -0.2) is 31.1 Å². The normalized spacial score (nSPS) is 16.6. The number of hydrogen-bond acceptors (Lipinski definition) is 6. The monoisotopic (exact) mass is 400 g/mol. The average molecular weight is 400 g/mol. The largest absolute Gasteiger partial charge is 0.479 e. The molecule has 27 heavy (non-hydrogen) atoms. The van der Waals surface area contributed by atoms with E-state index in [1.54, 1.807) is 36.4 Å². The number of thioether (sulfide) groups is 1. The quantitative estimate of drug-likeness (QED) is 0.354. The number of benzene rings is 2. The minimum absolute atomic E-state index is 0.0843. The van der Waals surface area contributed by atoms with Gasteiger partial charge in [-0.25, -0.2) is 4.79 Å². The topological polar surface area (TPSA) is 101 Å². The third-order valence-corrected chi connectivity index (χ3v) is 5.18. The molecular formula is C18H12N2O5S2. The van der Waals surface area contributed by atoms with E-state index in [0.717, 1.165) is 16.7 Å². The molecule has 0 spiro atoms. The first-order chi connectivity index (χ1) is 12.9. The number of thiocarbonyl (C=S) groups is 1. The van der Waals surface area contributed by atoms with Gasteiger partial charge in [0.15, 0.2) is 6.04 Å². The van der Waals surface area contributed by atoms with Gasteiger partial charge in [0.2, 0.25) is 0 Å². The van der Waals surface area contributed by atoms with Crippen molar-refractivity contribution in [2.75, 3.05) is 0 Å². The maximum atomic E-state index is 12.8. The van der Waals surface area contributed by atoms with Gasteiger partial charge in [0, 0.05) is 6.07 Å². The lowest BCUT2D eigenvalue weighted by Crippen LogP contribution is -2.37. The summed E-state index contributed by atoms with van der Waals surface area (Å²) in [5.41, 5.74) is 0.503. The van der Waals surface area contributed by atoms with Gasteiger partial charge in [0.05, 0.1) is 15.4 Å². The van der Waals surface area contributed by atoms with E-state index in [0.29, 0.717) is 5.56 Å². The predicted octanol–water partition coefficient (Wildman–Crippen LogP) is 3.62. The Labute approximate surface area is 163 Å². The van der Waals surface area contributed by atoms with Crippen LogP contribution in [-0.2, 0) is 9.59 Å². The molecule has 3 rings (SSSR count). The summed E-state index contributed by atoms with van der Waals surface area (Å²) in [5.74, 6) is -1.82. The van der Waals surface area contributed by atoms with Crippen molar-refractivity contribution in [2.24, 2.45) is 0 Å². The Morgan fingerprint density at radius 3 is 2.44 bits per heavy atom. The van der Waals surface area contributed by atoms with Gasteiger partial charge in [-0.3, -0.25) is 19.8 Å². The second kappa shape index (κ2) is 7.68. The molecule has 2 aromatic carbocycles. The molecule has 1 aliphatic rings. The number of aliphatic carboxylic acids is 1. The molecule has 1 heterocycles. The maximum absolute atomic E-state index is 12.8. The van der Waals surface area contributed by atoms with E-state index in [1.165, 1.54) is 24.3 Å². The first kappa shape index (κ1) is 18.7. The fourth-order valence-corrected chi connectivity index (χ4v) is 3.96. The summed E-state index contributed by atoms with van der Waals surface area (Å²) < 4.78 is 0.0843. The van der Waals surface area contributed by atoms with E-state index in [2.05, 4.69) is 0 Å². The smallest absolute Gasteiger partial charge is 0.331 e. The number of nitrogens with zero attached hydrogens (tertiary/aromatic N) is 2. The number of amides is 1. The molecule has 1 amide bonds. The number of carboxylic acid groups (broad SMARTS) is 1. The number of carbonyl (C=O) groups is 2. The number of nitro groups is 1. The van der Waals surface area contributed by atoms with Crippen molar-refractivity contribution < 1.29 is 19.6 Å². The van der Waals surface area contributed by atoms with Crippen LogP contribution in [0.25, 0.3) is 6.08 Å². The fourth-order valence-electron chi connectivity index (χ4n) is 2.66. The predicted molar refractivity (Wildman–Crippen MR) is 105 cm³/mol. The fraction of sp³-hybridized carbons (Fsp3) is 0.0556. The molecule has 0 aromatic heterocycles. The number of nitro benzene ring substituents is 1. The third kappa shape index (κ3) is 3.74. The summed E-state index contributed by atoms with van der Waals surface area (Å²) in [5, 5.41) is 20.8. The maximum Gasteiger partial charge on any atom is 0.331 e. The van der Waals surface area contributed by atoms with Gasteiger partial charge in [-0.05, 0) is 17.7 Å². The lowest BCUT2D eigenvalue weighted by atomic mass is 10.1. The van der Waals surface area contributed by atoms with Crippen molar-refractivity contribution in [3.05, 3.63) is 80.7 Å². The Balaban J connectivity index is 2.00. The van der Waals surface area contributed by atoms with Gasteiger partial charge >= 0.3 is 5.97 Å². The second-order valence-electron chi connectivity index (χ2n) is 5.52. The van der Waals surface area contributed by atoms with Crippen molar-refractivity contribution in [1.82, 2.24) is 4.90 Å². The van der Waals surface area contributed by atoms with Crippen molar-refractivity contribution >= 4 is 51.9 Å². The van der Waals surface area contributed by atoms with E-state index in [9.17, 15) is 24.8 Å². The van der Waals surface area contributed by atoms with Crippen molar-refractivity contribution in [1.29, 1.82) is 0 Å². The standard InChI is InChI=1S/C18H12N2O5S2/c21-16-14(10-12-8-4-5-9-13(12)20(24)25)27-18(26)19(16)15(17(22)23)11-6-2-1-3-7-11/h1-10,15H,(H,22,23)/b14-10-. The summed E-state index contributed by atoms with van der Waals surface area (Å²) >= 11 is 6.14. The van der Waals surface area contributed by atoms with Crippen LogP contribution >= 0.6 is 24.0 Å². The van der Waals surface area contributed by atoms with Crippen LogP contribution in [0.2, 0.25) is 0 Å². The Morgan fingerprint density at radius 2 is 1.81 bits per heavy atom. The third-order valence-electron chi connectivity index (χ3n) is 3.85. The molecular weight excluding hydrogens is 388 g/mol. The molecule has 9 heteroatoms.